The highest BCUT2D eigenvalue weighted by molar-refractivity contribution is 5.95. The van der Waals surface area contributed by atoms with Crippen molar-refractivity contribution >= 4 is 33.9 Å². The van der Waals surface area contributed by atoms with Crippen LogP contribution in [0, 0.1) is 12.7 Å². The van der Waals surface area contributed by atoms with Crippen LogP contribution in [0.25, 0.3) is 38.9 Å². The largest absolute Gasteiger partial charge is 0.464 e. The number of halogens is 1. The summed E-state index contributed by atoms with van der Waals surface area (Å²) in [5.41, 5.74) is 2.19. The van der Waals surface area contributed by atoms with Crippen molar-refractivity contribution in [2.24, 2.45) is 0 Å². The van der Waals surface area contributed by atoms with Crippen molar-refractivity contribution in [3.63, 3.8) is 0 Å². The summed E-state index contributed by atoms with van der Waals surface area (Å²) in [6.07, 6.45) is 2.86. The van der Waals surface area contributed by atoms with Gasteiger partial charge in [0.25, 0.3) is 0 Å². The lowest BCUT2D eigenvalue weighted by Crippen LogP contribution is -2.55. The smallest absolute Gasteiger partial charge is 0.410 e. The molecule has 1 amide bonds. The number of hydrogen-bond donors (Lipinski definition) is 0. The number of nitrogens with zero attached hydrogens (tertiary/aromatic N) is 6. The standard InChI is InChI=1S/C34H37FN6O4/c1-19(2)26-28(20(3)11-13-36-26)41-31-24(17-25(35)27(37-31)23-10-8-9-22-12-16-44-29(22)23)30(38-32(41)42)40-15-14-39(18-21(40)4)33(43)45-34(5,6)7/h8-13,16-17,19,21H,14-15,18H2,1-7H3. The van der Waals surface area contributed by atoms with Gasteiger partial charge in [-0.05, 0) is 70.4 Å². The van der Waals surface area contributed by atoms with Gasteiger partial charge in [0.1, 0.15) is 22.7 Å². The molecule has 5 aromatic rings. The summed E-state index contributed by atoms with van der Waals surface area (Å²) in [5, 5.41) is 1.18. The van der Waals surface area contributed by atoms with Gasteiger partial charge in [0, 0.05) is 42.8 Å². The summed E-state index contributed by atoms with van der Waals surface area (Å²) >= 11 is 0. The Morgan fingerprint density at radius 3 is 2.62 bits per heavy atom. The fourth-order valence-electron chi connectivity index (χ4n) is 5.94. The zero-order chi connectivity index (χ0) is 32.2. The number of hydrogen-bond acceptors (Lipinski definition) is 8. The van der Waals surface area contributed by atoms with Crippen LogP contribution in [0.5, 0.6) is 0 Å². The van der Waals surface area contributed by atoms with Gasteiger partial charge in [-0.25, -0.2) is 23.5 Å². The van der Waals surface area contributed by atoms with E-state index in [-0.39, 0.29) is 23.3 Å². The van der Waals surface area contributed by atoms with E-state index in [1.807, 2.05) is 77.6 Å². The maximum absolute atomic E-state index is 16.2. The lowest BCUT2D eigenvalue weighted by atomic mass is 10.0. The maximum Gasteiger partial charge on any atom is 0.410 e. The average molecular weight is 613 g/mol. The van der Waals surface area contributed by atoms with Crippen molar-refractivity contribution in [3.05, 3.63) is 76.4 Å². The second-order valence-corrected chi connectivity index (χ2v) is 12.9. The average Bonchev–Trinajstić information content (AvgIpc) is 3.46. The number of aryl methyl sites for hydroxylation is 1. The first-order valence-corrected chi connectivity index (χ1v) is 15.1. The van der Waals surface area contributed by atoms with Gasteiger partial charge < -0.3 is 19.0 Å². The molecule has 0 saturated carbocycles. The Hall–Kier alpha value is -4.80. The van der Waals surface area contributed by atoms with E-state index >= 15 is 4.39 Å². The van der Waals surface area contributed by atoms with E-state index in [1.54, 1.807) is 23.4 Å². The number of fused-ring (bicyclic) bond motifs is 2. The normalized spacial score (nSPS) is 15.8. The van der Waals surface area contributed by atoms with Crippen LogP contribution in [0.2, 0.25) is 0 Å². The van der Waals surface area contributed by atoms with E-state index in [9.17, 15) is 9.59 Å². The minimum absolute atomic E-state index is 0.0146. The van der Waals surface area contributed by atoms with E-state index < -0.39 is 23.2 Å². The predicted octanol–water partition coefficient (Wildman–Crippen LogP) is 6.61. The Bertz CT molecular complexity index is 1990. The number of amides is 1. The summed E-state index contributed by atoms with van der Waals surface area (Å²) in [4.78, 5) is 44.5. The molecule has 1 aliphatic heterocycles. The van der Waals surface area contributed by atoms with Crippen LogP contribution in [-0.4, -0.2) is 61.8 Å². The molecule has 1 unspecified atom stereocenters. The van der Waals surface area contributed by atoms with Crippen molar-refractivity contribution in [1.82, 2.24) is 24.4 Å². The third-order valence-corrected chi connectivity index (χ3v) is 8.01. The van der Waals surface area contributed by atoms with Crippen LogP contribution >= 0.6 is 0 Å². The van der Waals surface area contributed by atoms with Crippen LogP contribution in [0.3, 0.4) is 0 Å². The number of pyridine rings is 2. The molecule has 45 heavy (non-hydrogen) atoms. The molecule has 1 aliphatic rings. The van der Waals surface area contributed by atoms with Crippen LogP contribution in [-0.2, 0) is 4.74 Å². The Balaban J connectivity index is 1.56. The summed E-state index contributed by atoms with van der Waals surface area (Å²) in [7, 11) is 0. The topological polar surface area (TPSA) is 107 Å². The molecule has 0 radical (unpaired) electrons. The van der Waals surface area contributed by atoms with Gasteiger partial charge in [-0.15, -0.1) is 0 Å². The number of furan rings is 1. The van der Waals surface area contributed by atoms with Gasteiger partial charge >= 0.3 is 11.8 Å². The van der Waals surface area contributed by atoms with Crippen LogP contribution in [0.1, 0.15) is 58.7 Å². The van der Waals surface area contributed by atoms with Crippen LogP contribution < -0.4 is 10.6 Å². The zero-order valence-electron chi connectivity index (χ0n) is 26.6. The Kier molecular flexibility index (Phi) is 7.58. The molecule has 1 atom stereocenters. The second-order valence-electron chi connectivity index (χ2n) is 12.9. The SMILES string of the molecule is Cc1ccnc(C(C)C)c1-n1c(=O)nc(N2CCN(C(=O)OC(C)(C)C)CC2C)c2cc(F)c(-c3cccc4ccoc34)nc21. The number of anilines is 1. The highest BCUT2D eigenvalue weighted by Gasteiger charge is 2.33. The lowest BCUT2D eigenvalue weighted by Gasteiger charge is -2.41. The first-order valence-electron chi connectivity index (χ1n) is 15.1. The van der Waals surface area contributed by atoms with Crippen LogP contribution in [0.4, 0.5) is 15.0 Å². The molecular weight excluding hydrogens is 575 g/mol. The first-order chi connectivity index (χ1) is 21.3. The fourth-order valence-corrected chi connectivity index (χ4v) is 5.94. The summed E-state index contributed by atoms with van der Waals surface area (Å²) in [6.45, 7) is 14.4. The number of para-hydroxylation sites is 1. The Labute approximate surface area is 260 Å². The predicted molar refractivity (Wildman–Crippen MR) is 172 cm³/mol. The first kappa shape index (κ1) is 30.2. The number of benzene rings is 1. The number of aromatic nitrogens is 4. The second kappa shape index (κ2) is 11.3. The maximum atomic E-state index is 16.2. The molecule has 11 heteroatoms. The van der Waals surface area contributed by atoms with Crippen molar-refractivity contribution < 1.29 is 18.3 Å². The molecular formula is C34H37FN6O4. The summed E-state index contributed by atoms with van der Waals surface area (Å²) in [5.74, 6) is -0.282. The summed E-state index contributed by atoms with van der Waals surface area (Å²) in [6, 6.07) is 10.2. The number of ether oxygens (including phenoxy) is 1. The van der Waals surface area contributed by atoms with Crippen molar-refractivity contribution in [1.29, 1.82) is 0 Å². The third-order valence-electron chi connectivity index (χ3n) is 8.01. The minimum Gasteiger partial charge on any atom is -0.464 e. The van der Waals surface area contributed by atoms with E-state index in [1.165, 1.54) is 10.6 Å². The molecule has 234 valence electrons. The quantitative estimate of drug-likeness (QED) is 0.223. The molecule has 0 N–H and O–H groups in total. The molecule has 4 aromatic heterocycles. The third kappa shape index (κ3) is 5.51. The molecule has 0 spiro atoms. The van der Waals surface area contributed by atoms with Crippen molar-refractivity contribution in [2.45, 2.75) is 66.0 Å². The molecule has 1 fully saturated rings. The number of piperazine rings is 1. The number of carbonyl (C=O) groups excluding carboxylic acids is 1. The van der Waals surface area contributed by atoms with Gasteiger partial charge in [-0.1, -0.05) is 26.0 Å². The minimum atomic E-state index is -0.625. The molecule has 1 saturated heterocycles. The van der Waals surface area contributed by atoms with E-state index in [2.05, 4.69) is 9.97 Å². The monoisotopic (exact) mass is 612 g/mol. The van der Waals surface area contributed by atoms with Gasteiger partial charge in [-0.2, -0.15) is 4.98 Å². The fraction of sp³-hybridized carbons (Fsp3) is 0.382. The molecule has 10 nitrogen and oxygen atoms in total. The van der Waals surface area contributed by atoms with Gasteiger partial charge in [0.05, 0.1) is 23.0 Å². The molecule has 6 rings (SSSR count). The van der Waals surface area contributed by atoms with E-state index in [4.69, 9.17) is 14.1 Å². The van der Waals surface area contributed by atoms with E-state index in [0.717, 1.165) is 10.9 Å². The lowest BCUT2D eigenvalue weighted by molar-refractivity contribution is 0.0218. The number of carbonyl (C=O) groups is 1. The van der Waals surface area contributed by atoms with E-state index in [0.29, 0.717) is 53.4 Å². The van der Waals surface area contributed by atoms with Crippen LogP contribution in [0.15, 0.2) is 58.1 Å². The molecule has 5 heterocycles. The van der Waals surface area contributed by atoms with Crippen molar-refractivity contribution in [3.8, 4) is 16.9 Å². The van der Waals surface area contributed by atoms with Gasteiger partial charge in [-0.3, -0.25) is 4.98 Å². The molecule has 0 aliphatic carbocycles. The Morgan fingerprint density at radius 1 is 1.13 bits per heavy atom. The van der Waals surface area contributed by atoms with Crippen molar-refractivity contribution in [2.75, 3.05) is 24.5 Å². The zero-order valence-corrected chi connectivity index (χ0v) is 26.6. The highest BCUT2D eigenvalue weighted by atomic mass is 19.1. The molecule has 1 aromatic carbocycles. The Morgan fingerprint density at radius 2 is 1.91 bits per heavy atom. The summed E-state index contributed by atoms with van der Waals surface area (Å²) < 4.78 is 29.0. The number of rotatable bonds is 4. The molecule has 0 bridgehead atoms. The van der Waals surface area contributed by atoms with Gasteiger partial charge in [0.2, 0.25) is 0 Å². The highest BCUT2D eigenvalue weighted by Crippen LogP contribution is 2.35. The van der Waals surface area contributed by atoms with Gasteiger partial charge in [0.15, 0.2) is 11.5 Å².